The first-order valence-corrected chi connectivity index (χ1v) is 9.66. The predicted molar refractivity (Wildman–Crippen MR) is 73.5 cm³/mol. The Morgan fingerprint density at radius 2 is 1.29 bits per heavy atom. The second-order valence-corrected chi connectivity index (χ2v) is 8.07. The monoisotopic (exact) mass is 358 g/mol. The first kappa shape index (κ1) is 12.8. The van der Waals surface area contributed by atoms with Gasteiger partial charge in [0.15, 0.2) is 0 Å². The second-order valence-electron chi connectivity index (χ2n) is 3.39. The van der Waals surface area contributed by atoms with Gasteiger partial charge < -0.3 is 0 Å². The van der Waals surface area contributed by atoms with Crippen molar-refractivity contribution in [1.29, 1.82) is 0 Å². The first-order chi connectivity index (χ1) is 8.45. The molecule has 88 valence electrons. The zero-order chi connectivity index (χ0) is 11.8. The fourth-order valence-electron chi connectivity index (χ4n) is 1.28. The third kappa shape index (κ3) is 5.01. The summed E-state index contributed by atoms with van der Waals surface area (Å²) in [5.41, 5.74) is 0. The van der Waals surface area contributed by atoms with Crippen molar-refractivity contribution in [3.63, 3.8) is 0 Å². The first-order valence-electron chi connectivity index (χ1n) is 5.53. The predicted octanol–water partition coefficient (Wildman–Crippen LogP) is 1.06. The molecule has 0 bridgehead atoms. The van der Waals surface area contributed by atoms with Crippen LogP contribution in [0.3, 0.4) is 0 Å². The van der Waals surface area contributed by atoms with Crippen LogP contribution < -0.4 is 9.18 Å². The molecular formula is C13H14N2Se2. The van der Waals surface area contributed by atoms with Crippen molar-refractivity contribution < 1.29 is 0 Å². The van der Waals surface area contributed by atoms with E-state index in [9.17, 15) is 0 Å². The van der Waals surface area contributed by atoms with Crippen LogP contribution in [-0.2, 0) is 0 Å². The van der Waals surface area contributed by atoms with Crippen molar-refractivity contribution in [3.05, 3.63) is 48.8 Å². The summed E-state index contributed by atoms with van der Waals surface area (Å²) in [6.07, 6.45) is 5.07. The SMILES string of the molecule is c1ccc([Se]CCC[Se]c2ccccn2)nc1. The number of aromatic nitrogens is 2. The summed E-state index contributed by atoms with van der Waals surface area (Å²) in [6.45, 7) is 0. The number of rotatable bonds is 6. The number of nitrogens with zero attached hydrogens (tertiary/aromatic N) is 2. The molecule has 2 aromatic rings. The number of hydrogen-bond donors (Lipinski definition) is 0. The molecule has 2 aromatic heterocycles. The summed E-state index contributed by atoms with van der Waals surface area (Å²) in [5, 5.41) is 2.58. The maximum absolute atomic E-state index is 4.36. The van der Waals surface area contributed by atoms with Crippen LogP contribution in [0.2, 0.25) is 10.6 Å². The molecule has 0 aromatic carbocycles. The summed E-state index contributed by atoms with van der Waals surface area (Å²) in [6, 6.07) is 12.4. The van der Waals surface area contributed by atoms with Crippen molar-refractivity contribution in [1.82, 2.24) is 9.97 Å². The van der Waals surface area contributed by atoms with Gasteiger partial charge in [-0.15, -0.1) is 0 Å². The summed E-state index contributed by atoms with van der Waals surface area (Å²) in [7, 11) is 0. The Bertz CT molecular complexity index is 378. The molecular weight excluding hydrogens is 342 g/mol. The fourth-order valence-corrected chi connectivity index (χ4v) is 5.59. The maximum atomic E-state index is 4.36. The zero-order valence-electron chi connectivity index (χ0n) is 9.45. The quantitative estimate of drug-likeness (QED) is 0.572. The van der Waals surface area contributed by atoms with E-state index in [0.29, 0.717) is 29.9 Å². The van der Waals surface area contributed by atoms with Gasteiger partial charge in [-0.3, -0.25) is 0 Å². The molecule has 0 spiro atoms. The molecule has 0 fully saturated rings. The third-order valence-electron chi connectivity index (χ3n) is 2.06. The Kier molecular flexibility index (Phi) is 5.73. The molecule has 0 saturated heterocycles. The number of pyridine rings is 2. The average molecular weight is 356 g/mol. The molecule has 2 rings (SSSR count). The molecule has 17 heavy (non-hydrogen) atoms. The molecule has 0 saturated carbocycles. The molecule has 2 heterocycles. The van der Waals surface area contributed by atoms with E-state index in [-0.39, 0.29) is 0 Å². The standard InChI is InChI=1S/C13H14N2Se2/c1-3-8-14-12(6-1)16-10-5-11-17-13-7-2-4-9-15-13/h1-4,6-9H,5,10-11H2. The van der Waals surface area contributed by atoms with Gasteiger partial charge in [0.1, 0.15) is 0 Å². The van der Waals surface area contributed by atoms with Gasteiger partial charge >= 0.3 is 115 Å². The van der Waals surface area contributed by atoms with Crippen molar-refractivity contribution in [2.75, 3.05) is 0 Å². The third-order valence-corrected chi connectivity index (χ3v) is 6.39. The van der Waals surface area contributed by atoms with E-state index >= 15 is 0 Å². The minimum atomic E-state index is 0.543. The van der Waals surface area contributed by atoms with Crippen LogP contribution in [0.4, 0.5) is 0 Å². The van der Waals surface area contributed by atoms with Crippen molar-refractivity contribution in [3.8, 4) is 0 Å². The van der Waals surface area contributed by atoms with Gasteiger partial charge in [-0.25, -0.2) is 0 Å². The summed E-state index contributed by atoms with van der Waals surface area (Å²) in [5.74, 6) is 0. The van der Waals surface area contributed by atoms with Crippen molar-refractivity contribution in [2.45, 2.75) is 17.1 Å². The summed E-state index contributed by atoms with van der Waals surface area (Å²) < 4.78 is 2.54. The summed E-state index contributed by atoms with van der Waals surface area (Å²) in [4.78, 5) is 8.71. The molecule has 0 N–H and O–H groups in total. The van der Waals surface area contributed by atoms with E-state index in [1.807, 2.05) is 24.5 Å². The molecule has 0 aliphatic carbocycles. The van der Waals surface area contributed by atoms with Gasteiger partial charge in [-0.2, -0.15) is 0 Å². The molecule has 0 aliphatic heterocycles. The van der Waals surface area contributed by atoms with Gasteiger partial charge in [-0.05, 0) is 0 Å². The van der Waals surface area contributed by atoms with Crippen LogP contribution in [0.5, 0.6) is 0 Å². The molecule has 0 aliphatic rings. The Labute approximate surface area is 115 Å². The topological polar surface area (TPSA) is 25.8 Å². The summed E-state index contributed by atoms with van der Waals surface area (Å²) >= 11 is 1.09. The van der Waals surface area contributed by atoms with E-state index in [0.717, 1.165) is 0 Å². The van der Waals surface area contributed by atoms with E-state index in [4.69, 9.17) is 0 Å². The molecule has 2 nitrogen and oxygen atoms in total. The molecule has 0 atom stereocenters. The zero-order valence-corrected chi connectivity index (χ0v) is 12.9. The number of hydrogen-bond acceptors (Lipinski definition) is 2. The van der Waals surface area contributed by atoms with Crippen molar-refractivity contribution in [2.24, 2.45) is 0 Å². The van der Waals surface area contributed by atoms with Crippen LogP contribution in [0.25, 0.3) is 0 Å². The molecule has 0 amide bonds. The van der Waals surface area contributed by atoms with Crippen molar-refractivity contribution >= 4 is 39.1 Å². The van der Waals surface area contributed by atoms with E-state index in [1.54, 1.807) is 0 Å². The van der Waals surface area contributed by atoms with Gasteiger partial charge in [0, 0.05) is 0 Å². The van der Waals surface area contributed by atoms with Gasteiger partial charge in [-0.1, -0.05) is 0 Å². The van der Waals surface area contributed by atoms with Gasteiger partial charge in [0.05, 0.1) is 0 Å². The Hall–Kier alpha value is -0.661. The Morgan fingerprint density at radius 3 is 1.71 bits per heavy atom. The van der Waals surface area contributed by atoms with Crippen LogP contribution >= 0.6 is 0 Å². The van der Waals surface area contributed by atoms with Crippen LogP contribution in [0.1, 0.15) is 6.42 Å². The van der Waals surface area contributed by atoms with Gasteiger partial charge in [0.25, 0.3) is 0 Å². The molecule has 0 radical (unpaired) electrons. The van der Waals surface area contributed by atoms with Crippen LogP contribution in [0.15, 0.2) is 48.8 Å². The normalized spacial score (nSPS) is 10.4. The fraction of sp³-hybridized carbons (Fsp3) is 0.231. The Morgan fingerprint density at radius 1 is 0.765 bits per heavy atom. The van der Waals surface area contributed by atoms with Crippen LogP contribution in [0, 0.1) is 0 Å². The second kappa shape index (κ2) is 7.62. The molecule has 4 heteroatoms. The molecule has 0 unspecified atom stereocenters. The minimum absolute atomic E-state index is 0.543. The van der Waals surface area contributed by atoms with E-state index in [1.165, 1.54) is 26.2 Å². The van der Waals surface area contributed by atoms with E-state index < -0.39 is 0 Å². The van der Waals surface area contributed by atoms with E-state index in [2.05, 4.69) is 34.2 Å². The Balaban J connectivity index is 1.61. The average Bonchev–Trinajstić information content (AvgIpc) is 2.41. The van der Waals surface area contributed by atoms with Gasteiger partial charge in [0.2, 0.25) is 0 Å². The van der Waals surface area contributed by atoms with Crippen LogP contribution in [-0.4, -0.2) is 39.9 Å².